The van der Waals surface area contributed by atoms with E-state index in [1.165, 1.54) is 0 Å². The second-order valence-electron chi connectivity index (χ2n) is 4.92. The third-order valence-corrected chi connectivity index (χ3v) is 3.07. The van der Waals surface area contributed by atoms with Gasteiger partial charge in [0.25, 0.3) is 5.91 Å². The van der Waals surface area contributed by atoms with E-state index in [0.717, 1.165) is 10.8 Å². The third kappa shape index (κ3) is 3.92. The van der Waals surface area contributed by atoms with E-state index < -0.39 is 5.91 Å². The van der Waals surface area contributed by atoms with Crippen molar-refractivity contribution < 1.29 is 9.59 Å². The number of halogens is 1. The zero-order valence-corrected chi connectivity index (χ0v) is 12.6. The van der Waals surface area contributed by atoms with Crippen LogP contribution in [-0.2, 0) is 4.79 Å². The summed E-state index contributed by atoms with van der Waals surface area (Å²) >= 11 is 6.07. The van der Waals surface area contributed by atoms with Crippen molar-refractivity contribution in [2.24, 2.45) is 0 Å². The minimum Gasteiger partial charge on any atom is -0.352 e. The number of fused-ring (bicyclic) bond motifs is 1. The Morgan fingerprint density at radius 2 is 2.00 bits per heavy atom. The zero-order valence-electron chi connectivity index (χ0n) is 11.8. The smallest absolute Gasteiger partial charge is 0.270 e. The average Bonchev–Trinajstić information content (AvgIpc) is 2.44. The summed E-state index contributed by atoms with van der Waals surface area (Å²) in [6.07, 6.45) is 0. The second-order valence-corrected chi connectivity index (χ2v) is 5.28. The topological polar surface area (TPSA) is 71.1 Å². The van der Waals surface area contributed by atoms with Crippen LogP contribution in [0.1, 0.15) is 24.3 Å². The number of nitrogens with zero attached hydrogens (tertiary/aromatic N) is 1. The third-order valence-electron chi connectivity index (χ3n) is 2.79. The van der Waals surface area contributed by atoms with Crippen LogP contribution in [0.25, 0.3) is 10.8 Å². The van der Waals surface area contributed by atoms with Crippen molar-refractivity contribution in [1.29, 1.82) is 0 Å². The normalized spacial score (nSPS) is 10.7. The summed E-state index contributed by atoms with van der Waals surface area (Å²) in [4.78, 5) is 27.6. The van der Waals surface area contributed by atoms with Crippen LogP contribution in [0.4, 0.5) is 0 Å². The monoisotopic (exact) mass is 305 g/mol. The molecule has 2 aromatic rings. The first-order valence-corrected chi connectivity index (χ1v) is 6.98. The van der Waals surface area contributed by atoms with Crippen molar-refractivity contribution in [1.82, 2.24) is 15.6 Å². The first kappa shape index (κ1) is 15.3. The van der Waals surface area contributed by atoms with Crippen molar-refractivity contribution in [2.45, 2.75) is 19.9 Å². The lowest BCUT2D eigenvalue weighted by atomic mass is 10.1. The molecule has 110 valence electrons. The molecular formula is C15H16ClN3O2. The molecule has 0 fully saturated rings. The van der Waals surface area contributed by atoms with E-state index in [4.69, 9.17) is 11.6 Å². The molecule has 0 spiro atoms. The predicted octanol–water partition coefficient (Wildman–Crippen LogP) is 2.14. The second kappa shape index (κ2) is 6.54. The molecule has 6 heteroatoms. The Labute approximate surface area is 127 Å². The molecule has 0 saturated heterocycles. The standard InChI is InChI=1S/C15H16ClN3O2/c1-9(2)18-13(20)8-17-15(21)12-7-10-5-3-4-6-11(10)14(16)19-12/h3-7,9H,8H2,1-2H3,(H,17,21)(H,18,20). The highest BCUT2D eigenvalue weighted by Gasteiger charge is 2.12. The van der Waals surface area contributed by atoms with Crippen LogP contribution in [0.5, 0.6) is 0 Å². The van der Waals surface area contributed by atoms with Gasteiger partial charge in [-0.15, -0.1) is 0 Å². The predicted molar refractivity (Wildman–Crippen MR) is 82.4 cm³/mol. The highest BCUT2D eigenvalue weighted by molar-refractivity contribution is 6.34. The fourth-order valence-corrected chi connectivity index (χ4v) is 2.16. The number of carbonyl (C=O) groups is 2. The number of rotatable bonds is 4. The number of hydrogen-bond donors (Lipinski definition) is 2. The molecule has 1 aromatic heterocycles. The van der Waals surface area contributed by atoms with E-state index in [0.29, 0.717) is 0 Å². The van der Waals surface area contributed by atoms with Gasteiger partial charge in [0.15, 0.2) is 0 Å². The maximum Gasteiger partial charge on any atom is 0.270 e. The molecule has 2 N–H and O–H groups in total. The van der Waals surface area contributed by atoms with E-state index in [1.807, 2.05) is 38.1 Å². The first-order valence-electron chi connectivity index (χ1n) is 6.60. The van der Waals surface area contributed by atoms with Crippen molar-refractivity contribution >= 4 is 34.2 Å². The van der Waals surface area contributed by atoms with Crippen LogP contribution in [0.2, 0.25) is 5.15 Å². The van der Waals surface area contributed by atoms with E-state index in [-0.39, 0.29) is 29.3 Å². The number of carbonyl (C=O) groups excluding carboxylic acids is 2. The Morgan fingerprint density at radius 3 is 2.71 bits per heavy atom. The Hall–Kier alpha value is -2.14. The molecule has 0 aliphatic carbocycles. The van der Waals surface area contributed by atoms with Crippen molar-refractivity contribution in [3.8, 4) is 0 Å². The minimum absolute atomic E-state index is 0.0302. The number of pyridine rings is 1. The van der Waals surface area contributed by atoms with E-state index in [9.17, 15) is 9.59 Å². The number of amides is 2. The lowest BCUT2D eigenvalue weighted by Crippen LogP contribution is -2.40. The fraction of sp³-hybridized carbons (Fsp3) is 0.267. The van der Waals surface area contributed by atoms with Gasteiger partial charge in [-0.2, -0.15) is 0 Å². The maximum absolute atomic E-state index is 12.0. The molecule has 5 nitrogen and oxygen atoms in total. The Morgan fingerprint density at radius 1 is 1.29 bits per heavy atom. The Bertz CT molecular complexity index is 686. The van der Waals surface area contributed by atoms with Crippen molar-refractivity contribution in [3.05, 3.63) is 41.2 Å². The highest BCUT2D eigenvalue weighted by Crippen LogP contribution is 2.22. The van der Waals surface area contributed by atoms with E-state index >= 15 is 0 Å². The van der Waals surface area contributed by atoms with Crippen molar-refractivity contribution in [2.75, 3.05) is 6.54 Å². The summed E-state index contributed by atoms with van der Waals surface area (Å²) in [7, 11) is 0. The van der Waals surface area contributed by atoms with E-state index in [1.54, 1.807) is 6.07 Å². The maximum atomic E-state index is 12.0. The zero-order chi connectivity index (χ0) is 15.4. The van der Waals surface area contributed by atoms with Gasteiger partial charge in [-0.25, -0.2) is 4.98 Å². The van der Waals surface area contributed by atoms with Crippen LogP contribution in [0, 0.1) is 0 Å². The first-order chi connectivity index (χ1) is 9.97. The number of hydrogen-bond acceptors (Lipinski definition) is 3. The summed E-state index contributed by atoms with van der Waals surface area (Å²) in [5.74, 6) is -0.674. The molecular weight excluding hydrogens is 290 g/mol. The van der Waals surface area contributed by atoms with Crippen LogP contribution in [-0.4, -0.2) is 29.4 Å². The highest BCUT2D eigenvalue weighted by atomic mass is 35.5. The van der Waals surface area contributed by atoms with Gasteiger partial charge in [0.2, 0.25) is 5.91 Å². The minimum atomic E-state index is -0.429. The summed E-state index contributed by atoms with van der Waals surface area (Å²) in [5.41, 5.74) is 0.191. The molecule has 21 heavy (non-hydrogen) atoms. The quantitative estimate of drug-likeness (QED) is 0.850. The molecule has 0 atom stereocenters. The molecule has 0 bridgehead atoms. The van der Waals surface area contributed by atoms with Gasteiger partial charge in [-0.05, 0) is 25.3 Å². The van der Waals surface area contributed by atoms with Crippen molar-refractivity contribution in [3.63, 3.8) is 0 Å². The Kier molecular flexibility index (Phi) is 4.75. The van der Waals surface area contributed by atoms with Gasteiger partial charge in [0.05, 0.1) is 6.54 Å². The van der Waals surface area contributed by atoms with Crippen LogP contribution >= 0.6 is 11.6 Å². The molecule has 2 amide bonds. The van der Waals surface area contributed by atoms with Gasteiger partial charge < -0.3 is 10.6 Å². The largest absolute Gasteiger partial charge is 0.352 e. The molecule has 0 aliphatic rings. The van der Waals surface area contributed by atoms with Crippen LogP contribution in [0.15, 0.2) is 30.3 Å². The number of benzene rings is 1. The molecule has 1 aromatic carbocycles. The molecule has 0 unspecified atom stereocenters. The lowest BCUT2D eigenvalue weighted by Gasteiger charge is -2.09. The number of nitrogens with one attached hydrogen (secondary N) is 2. The van der Waals surface area contributed by atoms with Crippen LogP contribution < -0.4 is 10.6 Å². The van der Waals surface area contributed by atoms with Gasteiger partial charge >= 0.3 is 0 Å². The summed E-state index contributed by atoms with van der Waals surface area (Å²) < 4.78 is 0. The van der Waals surface area contributed by atoms with E-state index in [2.05, 4.69) is 15.6 Å². The SMILES string of the molecule is CC(C)NC(=O)CNC(=O)c1cc2ccccc2c(Cl)n1. The number of aromatic nitrogens is 1. The van der Waals surface area contributed by atoms with Gasteiger partial charge in [-0.1, -0.05) is 35.9 Å². The Balaban J connectivity index is 2.11. The average molecular weight is 306 g/mol. The van der Waals surface area contributed by atoms with Gasteiger partial charge in [-0.3, -0.25) is 9.59 Å². The molecule has 0 saturated carbocycles. The summed E-state index contributed by atoms with van der Waals surface area (Å²) in [6.45, 7) is 3.61. The molecule has 2 rings (SSSR count). The summed E-state index contributed by atoms with van der Waals surface area (Å²) in [5, 5.41) is 7.10. The molecule has 0 radical (unpaired) electrons. The molecule has 0 aliphatic heterocycles. The van der Waals surface area contributed by atoms with Gasteiger partial charge in [0.1, 0.15) is 10.8 Å². The lowest BCUT2D eigenvalue weighted by molar-refractivity contribution is -0.120. The summed E-state index contributed by atoms with van der Waals surface area (Å²) in [6, 6.07) is 9.08. The van der Waals surface area contributed by atoms with Crippen LogP contribution in [0.3, 0.4) is 0 Å². The molecule has 1 heterocycles. The fourth-order valence-electron chi connectivity index (χ4n) is 1.90. The van der Waals surface area contributed by atoms with Gasteiger partial charge in [0, 0.05) is 11.4 Å².